The first kappa shape index (κ1) is 8.93. The van der Waals surface area contributed by atoms with E-state index in [4.69, 9.17) is 5.73 Å². The predicted octanol–water partition coefficient (Wildman–Crippen LogP) is 0.756. The standard InChI is InChI=1S/C8H14N4/c1-6(2)10-8-4-3-7(5-9)11-12-8/h3-4,6H,5,9H2,1-2H3,(H,10,12). The minimum absolute atomic E-state index is 0.378. The predicted molar refractivity (Wildman–Crippen MR) is 48.7 cm³/mol. The number of rotatable bonds is 3. The Balaban J connectivity index is 2.65. The van der Waals surface area contributed by atoms with Gasteiger partial charge in [0, 0.05) is 12.6 Å². The Morgan fingerprint density at radius 3 is 2.58 bits per heavy atom. The van der Waals surface area contributed by atoms with Crippen LogP contribution in [0.15, 0.2) is 12.1 Å². The Kier molecular flexibility index (Phi) is 2.99. The van der Waals surface area contributed by atoms with Crippen molar-refractivity contribution in [3.05, 3.63) is 17.8 Å². The van der Waals surface area contributed by atoms with Gasteiger partial charge in [-0.2, -0.15) is 5.10 Å². The Labute approximate surface area is 72.2 Å². The first-order valence-corrected chi connectivity index (χ1v) is 4.01. The van der Waals surface area contributed by atoms with Gasteiger partial charge in [-0.1, -0.05) is 0 Å². The second kappa shape index (κ2) is 4.01. The summed E-state index contributed by atoms with van der Waals surface area (Å²) in [4.78, 5) is 0. The maximum atomic E-state index is 5.38. The molecule has 0 radical (unpaired) electrons. The van der Waals surface area contributed by atoms with Gasteiger partial charge in [-0.25, -0.2) is 0 Å². The number of nitrogens with zero attached hydrogens (tertiary/aromatic N) is 2. The van der Waals surface area contributed by atoms with E-state index in [0.29, 0.717) is 12.6 Å². The van der Waals surface area contributed by atoms with Crippen molar-refractivity contribution in [1.82, 2.24) is 10.2 Å². The molecule has 0 unspecified atom stereocenters. The molecule has 4 nitrogen and oxygen atoms in total. The molecule has 12 heavy (non-hydrogen) atoms. The van der Waals surface area contributed by atoms with Crippen molar-refractivity contribution in [2.75, 3.05) is 5.32 Å². The van der Waals surface area contributed by atoms with E-state index in [1.165, 1.54) is 0 Å². The lowest BCUT2D eigenvalue weighted by Crippen LogP contribution is -2.12. The van der Waals surface area contributed by atoms with Gasteiger partial charge in [0.1, 0.15) is 5.82 Å². The maximum Gasteiger partial charge on any atom is 0.148 e. The van der Waals surface area contributed by atoms with Crippen molar-refractivity contribution in [3.63, 3.8) is 0 Å². The van der Waals surface area contributed by atoms with E-state index >= 15 is 0 Å². The molecule has 0 atom stereocenters. The molecular weight excluding hydrogens is 152 g/mol. The average Bonchev–Trinajstić information content (AvgIpc) is 2.05. The molecule has 0 fully saturated rings. The molecule has 0 amide bonds. The van der Waals surface area contributed by atoms with Crippen molar-refractivity contribution < 1.29 is 0 Å². The third-order valence-electron chi connectivity index (χ3n) is 1.37. The summed E-state index contributed by atoms with van der Waals surface area (Å²) < 4.78 is 0. The lowest BCUT2D eigenvalue weighted by atomic mass is 10.3. The largest absolute Gasteiger partial charge is 0.366 e. The minimum Gasteiger partial charge on any atom is -0.366 e. The first-order valence-electron chi connectivity index (χ1n) is 4.01. The van der Waals surface area contributed by atoms with E-state index in [1.807, 2.05) is 12.1 Å². The maximum absolute atomic E-state index is 5.38. The molecule has 4 heteroatoms. The summed E-state index contributed by atoms with van der Waals surface area (Å²) in [7, 11) is 0. The SMILES string of the molecule is CC(C)Nc1ccc(CN)nn1. The van der Waals surface area contributed by atoms with Crippen molar-refractivity contribution >= 4 is 5.82 Å². The topological polar surface area (TPSA) is 63.8 Å². The van der Waals surface area contributed by atoms with E-state index in [0.717, 1.165) is 11.5 Å². The average molecular weight is 166 g/mol. The lowest BCUT2D eigenvalue weighted by molar-refractivity contribution is 0.851. The Hall–Kier alpha value is -1.16. The fourth-order valence-electron chi connectivity index (χ4n) is 0.841. The van der Waals surface area contributed by atoms with Gasteiger partial charge in [0.05, 0.1) is 5.69 Å². The fourth-order valence-corrected chi connectivity index (χ4v) is 0.841. The smallest absolute Gasteiger partial charge is 0.148 e. The monoisotopic (exact) mass is 166 g/mol. The third kappa shape index (κ3) is 2.47. The van der Waals surface area contributed by atoms with E-state index < -0.39 is 0 Å². The van der Waals surface area contributed by atoms with Crippen LogP contribution in [0, 0.1) is 0 Å². The van der Waals surface area contributed by atoms with Crippen LogP contribution in [0.5, 0.6) is 0 Å². The van der Waals surface area contributed by atoms with Crippen LogP contribution in [0.2, 0.25) is 0 Å². The summed E-state index contributed by atoms with van der Waals surface area (Å²) in [5, 5.41) is 11.0. The lowest BCUT2D eigenvalue weighted by Gasteiger charge is -2.07. The van der Waals surface area contributed by atoms with Crippen molar-refractivity contribution in [2.45, 2.75) is 26.4 Å². The van der Waals surface area contributed by atoms with Crippen molar-refractivity contribution in [1.29, 1.82) is 0 Å². The molecule has 0 aliphatic heterocycles. The Morgan fingerprint density at radius 2 is 2.17 bits per heavy atom. The van der Waals surface area contributed by atoms with Crippen LogP contribution >= 0.6 is 0 Å². The molecule has 0 aliphatic rings. The summed E-state index contributed by atoms with van der Waals surface area (Å²) in [5.74, 6) is 0.794. The molecule has 0 aromatic carbocycles. The zero-order valence-corrected chi connectivity index (χ0v) is 7.41. The number of anilines is 1. The van der Waals surface area contributed by atoms with Gasteiger partial charge in [-0.15, -0.1) is 5.10 Å². The molecule has 1 aromatic rings. The summed E-state index contributed by atoms with van der Waals surface area (Å²) in [5.41, 5.74) is 6.19. The van der Waals surface area contributed by atoms with Gasteiger partial charge in [-0.05, 0) is 26.0 Å². The number of hydrogen-bond acceptors (Lipinski definition) is 4. The normalized spacial score (nSPS) is 10.3. The van der Waals surface area contributed by atoms with E-state index in [1.54, 1.807) is 0 Å². The Morgan fingerprint density at radius 1 is 1.42 bits per heavy atom. The molecule has 1 heterocycles. The van der Waals surface area contributed by atoms with Crippen LogP contribution in [0.1, 0.15) is 19.5 Å². The van der Waals surface area contributed by atoms with Gasteiger partial charge in [0.15, 0.2) is 0 Å². The van der Waals surface area contributed by atoms with E-state index in [2.05, 4.69) is 29.4 Å². The number of nitrogens with two attached hydrogens (primary N) is 1. The van der Waals surface area contributed by atoms with Gasteiger partial charge < -0.3 is 11.1 Å². The third-order valence-corrected chi connectivity index (χ3v) is 1.37. The van der Waals surface area contributed by atoms with Gasteiger partial charge in [0.2, 0.25) is 0 Å². The second-order valence-corrected chi connectivity index (χ2v) is 2.91. The number of hydrogen-bond donors (Lipinski definition) is 2. The molecule has 0 aliphatic carbocycles. The summed E-state index contributed by atoms with van der Waals surface area (Å²) in [6, 6.07) is 4.13. The van der Waals surface area contributed by atoms with Crippen LogP contribution < -0.4 is 11.1 Å². The van der Waals surface area contributed by atoms with Crippen LogP contribution in [-0.4, -0.2) is 16.2 Å². The van der Waals surface area contributed by atoms with Gasteiger partial charge in [0.25, 0.3) is 0 Å². The molecule has 1 aromatic heterocycles. The Bertz CT molecular complexity index is 229. The number of nitrogens with one attached hydrogen (secondary N) is 1. The second-order valence-electron chi connectivity index (χ2n) is 2.91. The van der Waals surface area contributed by atoms with Crippen LogP contribution in [0.25, 0.3) is 0 Å². The molecular formula is C8H14N4. The highest BCUT2D eigenvalue weighted by molar-refractivity contribution is 5.33. The fraction of sp³-hybridized carbons (Fsp3) is 0.500. The molecule has 1 rings (SSSR count). The van der Waals surface area contributed by atoms with Crippen LogP contribution in [-0.2, 0) is 6.54 Å². The molecule has 0 saturated heterocycles. The highest BCUT2D eigenvalue weighted by atomic mass is 15.2. The summed E-state index contributed by atoms with van der Waals surface area (Å²) >= 11 is 0. The van der Waals surface area contributed by atoms with Crippen molar-refractivity contribution in [3.8, 4) is 0 Å². The van der Waals surface area contributed by atoms with Gasteiger partial charge >= 0.3 is 0 Å². The molecule has 0 saturated carbocycles. The number of aromatic nitrogens is 2. The molecule has 0 bridgehead atoms. The van der Waals surface area contributed by atoms with Crippen LogP contribution in [0.3, 0.4) is 0 Å². The molecule has 0 spiro atoms. The zero-order chi connectivity index (χ0) is 8.97. The van der Waals surface area contributed by atoms with Crippen LogP contribution in [0.4, 0.5) is 5.82 Å². The minimum atomic E-state index is 0.378. The summed E-state index contributed by atoms with van der Waals surface area (Å²) in [6.07, 6.45) is 0. The van der Waals surface area contributed by atoms with Crippen molar-refractivity contribution in [2.24, 2.45) is 5.73 Å². The summed E-state index contributed by atoms with van der Waals surface area (Å²) in [6.45, 7) is 4.55. The highest BCUT2D eigenvalue weighted by Gasteiger charge is 1.96. The quantitative estimate of drug-likeness (QED) is 0.695. The van der Waals surface area contributed by atoms with Gasteiger partial charge in [-0.3, -0.25) is 0 Å². The molecule has 66 valence electrons. The molecule has 3 N–H and O–H groups in total. The first-order chi connectivity index (χ1) is 5.72. The zero-order valence-electron chi connectivity index (χ0n) is 7.41. The van der Waals surface area contributed by atoms with E-state index in [9.17, 15) is 0 Å². The highest BCUT2D eigenvalue weighted by Crippen LogP contribution is 2.02. The van der Waals surface area contributed by atoms with E-state index in [-0.39, 0.29) is 0 Å².